The number of halogens is 1. The molecule has 0 radical (unpaired) electrons. The van der Waals surface area contributed by atoms with Gasteiger partial charge >= 0.3 is 0 Å². The van der Waals surface area contributed by atoms with E-state index >= 15 is 0 Å². The number of benzene rings is 2. The second-order valence-electron chi connectivity index (χ2n) is 6.58. The van der Waals surface area contributed by atoms with E-state index in [-0.39, 0.29) is 18.1 Å². The van der Waals surface area contributed by atoms with E-state index in [1.807, 2.05) is 42.5 Å². The van der Waals surface area contributed by atoms with Gasteiger partial charge in [0.15, 0.2) is 0 Å². The lowest BCUT2D eigenvalue weighted by molar-refractivity contribution is -0.120. The van der Waals surface area contributed by atoms with Crippen molar-refractivity contribution in [3.63, 3.8) is 0 Å². The van der Waals surface area contributed by atoms with Gasteiger partial charge in [0.25, 0.3) is 0 Å². The molecule has 2 aromatic carbocycles. The van der Waals surface area contributed by atoms with Crippen LogP contribution in [0.5, 0.6) is 5.75 Å². The highest BCUT2D eigenvalue weighted by Gasteiger charge is 2.22. The summed E-state index contributed by atoms with van der Waals surface area (Å²) >= 11 is 0. The summed E-state index contributed by atoms with van der Waals surface area (Å²) in [5, 5.41) is 3.76. The van der Waals surface area contributed by atoms with Gasteiger partial charge in [0, 0.05) is 28.8 Å². The smallest absolute Gasteiger partial charge is 0.225 e. The highest BCUT2D eigenvalue weighted by atomic mass is 19.1. The minimum absolute atomic E-state index is 0.0944. The number of para-hydroxylation sites is 1. The summed E-state index contributed by atoms with van der Waals surface area (Å²) in [5.74, 6) is 0.0699. The van der Waals surface area contributed by atoms with Gasteiger partial charge in [-0.1, -0.05) is 24.3 Å². The van der Waals surface area contributed by atoms with Crippen LogP contribution in [-0.4, -0.2) is 18.0 Å². The summed E-state index contributed by atoms with van der Waals surface area (Å²) in [6, 6.07) is 16.8. The summed E-state index contributed by atoms with van der Waals surface area (Å²) < 4.78 is 24.2. The van der Waals surface area contributed by atoms with Gasteiger partial charge in [-0.3, -0.25) is 9.78 Å². The van der Waals surface area contributed by atoms with Gasteiger partial charge in [0.2, 0.25) is 5.91 Å². The van der Waals surface area contributed by atoms with E-state index in [2.05, 4.69) is 10.3 Å². The van der Waals surface area contributed by atoms with E-state index in [4.69, 9.17) is 9.15 Å². The molecule has 0 saturated heterocycles. The molecule has 1 N–H and O–H groups in total. The van der Waals surface area contributed by atoms with Crippen LogP contribution in [-0.2, 0) is 11.2 Å². The van der Waals surface area contributed by atoms with Crippen LogP contribution in [0.15, 0.2) is 77.5 Å². The highest BCUT2D eigenvalue weighted by molar-refractivity contribution is 5.88. The van der Waals surface area contributed by atoms with Crippen molar-refractivity contribution >= 4 is 16.9 Å². The van der Waals surface area contributed by atoms with Crippen LogP contribution in [0.1, 0.15) is 22.9 Å². The maximum atomic E-state index is 13.4. The standard InChI is InChI=1S/C23H19FN2O3/c1-28-20-8-3-2-6-18(20)23(19-7-4-5-11-25-19)26-22(27)12-15-14-29-21-13-16(24)9-10-17(15)21/h2-11,13-14,23H,12H2,1H3,(H,26,27). The molecule has 0 aliphatic rings. The zero-order valence-electron chi connectivity index (χ0n) is 15.8. The zero-order chi connectivity index (χ0) is 20.2. The van der Waals surface area contributed by atoms with Crippen LogP contribution in [0.2, 0.25) is 0 Å². The van der Waals surface area contributed by atoms with Crippen LogP contribution in [0.25, 0.3) is 11.0 Å². The van der Waals surface area contributed by atoms with Crippen molar-refractivity contribution in [3.05, 3.63) is 95.8 Å². The van der Waals surface area contributed by atoms with Crippen LogP contribution in [0, 0.1) is 5.82 Å². The normalized spacial score (nSPS) is 11.9. The van der Waals surface area contributed by atoms with Crippen molar-refractivity contribution in [2.45, 2.75) is 12.5 Å². The first kappa shape index (κ1) is 18.7. The Hall–Kier alpha value is -3.67. The van der Waals surface area contributed by atoms with E-state index in [9.17, 15) is 9.18 Å². The number of fused-ring (bicyclic) bond motifs is 1. The lowest BCUT2D eigenvalue weighted by Gasteiger charge is -2.21. The number of carbonyl (C=O) groups is 1. The molecule has 0 spiro atoms. The molecule has 2 heterocycles. The number of pyridine rings is 1. The first-order valence-corrected chi connectivity index (χ1v) is 9.14. The summed E-state index contributed by atoms with van der Waals surface area (Å²) in [4.78, 5) is 17.3. The molecule has 0 fully saturated rings. The van der Waals surface area contributed by atoms with Gasteiger partial charge < -0.3 is 14.5 Å². The summed E-state index contributed by atoms with van der Waals surface area (Å²) in [5.41, 5.74) is 2.61. The molecule has 146 valence electrons. The van der Waals surface area contributed by atoms with Crippen molar-refractivity contribution in [3.8, 4) is 5.75 Å². The summed E-state index contributed by atoms with van der Waals surface area (Å²) in [7, 11) is 1.59. The van der Waals surface area contributed by atoms with Crippen molar-refractivity contribution in [1.29, 1.82) is 0 Å². The van der Waals surface area contributed by atoms with Crippen molar-refractivity contribution in [2.24, 2.45) is 0 Å². The molecular weight excluding hydrogens is 371 g/mol. The maximum absolute atomic E-state index is 13.4. The molecule has 4 aromatic rings. The predicted molar refractivity (Wildman–Crippen MR) is 107 cm³/mol. The number of ether oxygens (including phenoxy) is 1. The third kappa shape index (κ3) is 3.96. The number of hydrogen-bond donors (Lipinski definition) is 1. The molecule has 0 aliphatic carbocycles. The quantitative estimate of drug-likeness (QED) is 0.529. The molecule has 6 heteroatoms. The van der Waals surface area contributed by atoms with E-state index in [0.29, 0.717) is 28.0 Å². The lowest BCUT2D eigenvalue weighted by atomic mass is 10.0. The third-order valence-corrected chi connectivity index (χ3v) is 4.71. The molecular formula is C23H19FN2O3. The minimum Gasteiger partial charge on any atom is -0.496 e. The van der Waals surface area contributed by atoms with Gasteiger partial charge in [-0.25, -0.2) is 4.39 Å². The van der Waals surface area contributed by atoms with Gasteiger partial charge in [-0.05, 0) is 30.3 Å². The number of rotatable bonds is 6. The van der Waals surface area contributed by atoms with E-state index < -0.39 is 6.04 Å². The fraction of sp³-hybridized carbons (Fsp3) is 0.130. The Labute approximate surface area is 167 Å². The molecule has 1 unspecified atom stereocenters. The second-order valence-corrected chi connectivity index (χ2v) is 6.58. The van der Waals surface area contributed by atoms with Crippen LogP contribution in [0.3, 0.4) is 0 Å². The minimum atomic E-state index is -0.476. The second kappa shape index (κ2) is 8.14. The summed E-state index contributed by atoms with van der Waals surface area (Å²) in [6.07, 6.45) is 3.27. The molecule has 1 amide bonds. The molecule has 29 heavy (non-hydrogen) atoms. The average Bonchev–Trinajstić information content (AvgIpc) is 3.14. The molecule has 5 nitrogen and oxygen atoms in total. The molecule has 2 aromatic heterocycles. The average molecular weight is 390 g/mol. The Bertz CT molecular complexity index is 1140. The number of furan rings is 1. The van der Waals surface area contributed by atoms with Crippen molar-refractivity contribution in [2.75, 3.05) is 7.11 Å². The van der Waals surface area contributed by atoms with Gasteiger partial charge in [0.05, 0.1) is 31.5 Å². The number of amides is 1. The predicted octanol–water partition coefficient (Wildman–Crippen LogP) is 4.42. The fourth-order valence-corrected chi connectivity index (χ4v) is 3.34. The van der Waals surface area contributed by atoms with Gasteiger partial charge in [-0.15, -0.1) is 0 Å². The number of methoxy groups -OCH3 is 1. The van der Waals surface area contributed by atoms with E-state index in [1.165, 1.54) is 18.4 Å². The molecule has 0 bridgehead atoms. The first-order valence-electron chi connectivity index (χ1n) is 9.14. The van der Waals surface area contributed by atoms with Crippen molar-refractivity contribution in [1.82, 2.24) is 10.3 Å². The number of aromatic nitrogens is 1. The zero-order valence-corrected chi connectivity index (χ0v) is 15.8. The Balaban J connectivity index is 1.62. The third-order valence-electron chi connectivity index (χ3n) is 4.71. The SMILES string of the molecule is COc1ccccc1C(NC(=O)Cc1coc2cc(F)ccc12)c1ccccn1. The lowest BCUT2D eigenvalue weighted by Crippen LogP contribution is -2.31. The van der Waals surface area contributed by atoms with Gasteiger partial charge in [-0.2, -0.15) is 0 Å². The number of hydrogen-bond acceptors (Lipinski definition) is 4. The van der Waals surface area contributed by atoms with E-state index in [0.717, 1.165) is 5.56 Å². The fourth-order valence-electron chi connectivity index (χ4n) is 3.34. The van der Waals surface area contributed by atoms with Crippen LogP contribution in [0.4, 0.5) is 4.39 Å². The Morgan fingerprint density at radius 3 is 2.79 bits per heavy atom. The number of carbonyl (C=O) groups excluding carboxylic acids is 1. The van der Waals surface area contributed by atoms with Crippen LogP contribution >= 0.6 is 0 Å². The molecule has 0 saturated carbocycles. The van der Waals surface area contributed by atoms with Crippen LogP contribution < -0.4 is 10.1 Å². The van der Waals surface area contributed by atoms with Gasteiger partial charge in [0.1, 0.15) is 17.1 Å². The van der Waals surface area contributed by atoms with E-state index in [1.54, 1.807) is 19.4 Å². The topological polar surface area (TPSA) is 64.4 Å². The van der Waals surface area contributed by atoms with Crippen molar-refractivity contribution < 1.29 is 18.3 Å². The summed E-state index contributed by atoms with van der Waals surface area (Å²) in [6.45, 7) is 0. The number of nitrogens with zero attached hydrogens (tertiary/aromatic N) is 1. The monoisotopic (exact) mass is 390 g/mol. The highest BCUT2D eigenvalue weighted by Crippen LogP contribution is 2.29. The molecule has 1 atom stereocenters. The Morgan fingerprint density at radius 1 is 1.17 bits per heavy atom. The molecule has 0 aliphatic heterocycles. The maximum Gasteiger partial charge on any atom is 0.225 e. The Morgan fingerprint density at radius 2 is 2.00 bits per heavy atom. The Kier molecular flexibility index (Phi) is 5.24. The molecule has 4 rings (SSSR count). The largest absolute Gasteiger partial charge is 0.496 e. The first-order chi connectivity index (χ1) is 14.2. The number of nitrogens with one attached hydrogen (secondary N) is 1.